The normalized spacial score (nSPS) is 50.0. The maximum atomic E-state index is 10.8. The molecule has 3 saturated carbocycles. The summed E-state index contributed by atoms with van der Waals surface area (Å²) in [7, 11) is 0. The van der Waals surface area contributed by atoms with Crippen LogP contribution in [0.1, 0.15) is 46.5 Å². The molecule has 0 amide bonds. The van der Waals surface area contributed by atoms with E-state index in [2.05, 4.69) is 19.2 Å². The molecule has 1 saturated heterocycles. The van der Waals surface area contributed by atoms with Gasteiger partial charge in [-0.25, -0.2) is 0 Å². The van der Waals surface area contributed by atoms with Gasteiger partial charge in [-0.2, -0.15) is 0 Å². The Hall–Kier alpha value is -0.120. The molecule has 3 heteroatoms. The van der Waals surface area contributed by atoms with Crippen molar-refractivity contribution in [1.82, 2.24) is 5.32 Å². The first-order chi connectivity index (χ1) is 8.42. The Bertz CT molecular complexity index is 320. The Morgan fingerprint density at radius 3 is 2.61 bits per heavy atom. The number of hydrogen-bond acceptors (Lipinski definition) is 3. The standard InChI is InChI=1S/C15H27NO2/c1-14(2)10-7-12(14)15(3,17)13(8-10)18-9-11-5-4-6-16-11/h10-13,16-17H,4-9H2,1-3H3. The highest BCUT2D eigenvalue weighted by molar-refractivity contribution is 5.12. The maximum absolute atomic E-state index is 10.8. The van der Waals surface area contributed by atoms with Crippen molar-refractivity contribution in [1.29, 1.82) is 0 Å². The number of fused-ring (bicyclic) bond motifs is 2. The van der Waals surface area contributed by atoms with Gasteiger partial charge in [0.1, 0.15) is 0 Å². The zero-order valence-corrected chi connectivity index (χ0v) is 11.9. The highest BCUT2D eigenvalue weighted by Gasteiger charge is 2.63. The lowest BCUT2D eigenvalue weighted by Crippen LogP contribution is -2.67. The largest absolute Gasteiger partial charge is 0.387 e. The molecule has 18 heavy (non-hydrogen) atoms. The topological polar surface area (TPSA) is 41.5 Å². The molecule has 3 nitrogen and oxygen atoms in total. The van der Waals surface area contributed by atoms with E-state index in [9.17, 15) is 5.11 Å². The van der Waals surface area contributed by atoms with E-state index >= 15 is 0 Å². The molecule has 5 atom stereocenters. The van der Waals surface area contributed by atoms with E-state index in [-0.39, 0.29) is 6.10 Å². The first-order valence-corrected chi connectivity index (χ1v) is 7.49. The molecule has 3 aliphatic carbocycles. The Kier molecular flexibility index (Phi) is 3.00. The summed E-state index contributed by atoms with van der Waals surface area (Å²) >= 11 is 0. The van der Waals surface area contributed by atoms with Gasteiger partial charge >= 0.3 is 0 Å². The number of hydrogen-bond donors (Lipinski definition) is 2. The van der Waals surface area contributed by atoms with Crippen molar-refractivity contribution >= 4 is 0 Å². The van der Waals surface area contributed by atoms with Gasteiger partial charge < -0.3 is 15.2 Å². The molecule has 1 heterocycles. The molecule has 0 spiro atoms. The van der Waals surface area contributed by atoms with Crippen LogP contribution in [0.3, 0.4) is 0 Å². The van der Waals surface area contributed by atoms with Gasteiger partial charge in [0.25, 0.3) is 0 Å². The molecule has 0 aromatic heterocycles. The quantitative estimate of drug-likeness (QED) is 0.807. The second-order valence-electron chi connectivity index (χ2n) is 7.38. The molecule has 104 valence electrons. The average molecular weight is 253 g/mol. The van der Waals surface area contributed by atoms with Crippen molar-refractivity contribution in [2.45, 2.75) is 64.2 Å². The van der Waals surface area contributed by atoms with Crippen LogP contribution in [0.4, 0.5) is 0 Å². The summed E-state index contributed by atoms with van der Waals surface area (Å²) in [6.45, 7) is 8.47. The lowest BCUT2D eigenvalue weighted by Gasteiger charge is -2.65. The molecular formula is C15H27NO2. The van der Waals surface area contributed by atoms with Gasteiger partial charge in [0.2, 0.25) is 0 Å². The van der Waals surface area contributed by atoms with E-state index in [4.69, 9.17) is 4.74 Å². The van der Waals surface area contributed by atoms with Crippen LogP contribution >= 0.6 is 0 Å². The second kappa shape index (κ2) is 4.19. The lowest BCUT2D eigenvalue weighted by atomic mass is 9.43. The van der Waals surface area contributed by atoms with Crippen molar-refractivity contribution in [3.63, 3.8) is 0 Å². The molecule has 4 rings (SSSR count). The Labute approximate surface area is 110 Å². The summed E-state index contributed by atoms with van der Waals surface area (Å²) in [4.78, 5) is 0. The van der Waals surface area contributed by atoms with E-state index < -0.39 is 5.60 Å². The van der Waals surface area contributed by atoms with Crippen LogP contribution in [0.5, 0.6) is 0 Å². The minimum Gasteiger partial charge on any atom is -0.387 e. The van der Waals surface area contributed by atoms with Crippen molar-refractivity contribution in [2.75, 3.05) is 13.2 Å². The Balaban J connectivity index is 1.60. The summed E-state index contributed by atoms with van der Waals surface area (Å²) in [6, 6.07) is 0.507. The number of aliphatic hydroxyl groups is 1. The van der Waals surface area contributed by atoms with Crippen LogP contribution in [0, 0.1) is 17.3 Å². The summed E-state index contributed by atoms with van der Waals surface area (Å²) in [5.41, 5.74) is -0.341. The third-order valence-electron chi connectivity index (χ3n) is 5.99. The summed E-state index contributed by atoms with van der Waals surface area (Å²) in [5, 5.41) is 14.3. The predicted octanol–water partition coefficient (Wildman–Crippen LogP) is 1.94. The van der Waals surface area contributed by atoms with E-state index in [0.29, 0.717) is 17.4 Å². The first-order valence-electron chi connectivity index (χ1n) is 7.49. The van der Waals surface area contributed by atoms with Crippen molar-refractivity contribution in [2.24, 2.45) is 17.3 Å². The van der Waals surface area contributed by atoms with Crippen molar-refractivity contribution in [3.05, 3.63) is 0 Å². The molecule has 5 unspecified atom stereocenters. The van der Waals surface area contributed by atoms with Gasteiger partial charge in [0, 0.05) is 6.04 Å². The maximum Gasteiger partial charge on any atom is 0.0913 e. The fourth-order valence-corrected chi connectivity index (χ4v) is 4.50. The van der Waals surface area contributed by atoms with E-state index in [1.807, 2.05) is 6.92 Å². The van der Waals surface area contributed by atoms with Crippen LogP contribution in [0.2, 0.25) is 0 Å². The van der Waals surface area contributed by atoms with Gasteiger partial charge in [-0.15, -0.1) is 0 Å². The van der Waals surface area contributed by atoms with E-state index in [1.165, 1.54) is 19.3 Å². The second-order valence-corrected chi connectivity index (χ2v) is 7.38. The van der Waals surface area contributed by atoms with Crippen LogP contribution in [-0.4, -0.2) is 36.0 Å². The molecule has 4 fully saturated rings. The van der Waals surface area contributed by atoms with E-state index in [0.717, 1.165) is 25.5 Å². The third kappa shape index (κ3) is 1.83. The molecule has 0 aromatic carbocycles. The highest BCUT2D eigenvalue weighted by atomic mass is 16.5. The van der Waals surface area contributed by atoms with Crippen molar-refractivity contribution in [3.8, 4) is 0 Å². The van der Waals surface area contributed by atoms with Crippen molar-refractivity contribution < 1.29 is 9.84 Å². The fourth-order valence-electron chi connectivity index (χ4n) is 4.50. The minimum absolute atomic E-state index is 0.0386. The minimum atomic E-state index is -0.642. The third-order valence-corrected chi connectivity index (χ3v) is 5.99. The van der Waals surface area contributed by atoms with Crippen LogP contribution in [-0.2, 0) is 4.74 Å². The molecular weight excluding hydrogens is 226 g/mol. The summed E-state index contributed by atoms with van der Waals surface area (Å²) in [6.07, 6.45) is 4.72. The van der Waals surface area contributed by atoms with Gasteiger partial charge in [-0.05, 0) is 56.4 Å². The van der Waals surface area contributed by atoms with Crippen LogP contribution in [0.25, 0.3) is 0 Å². The fraction of sp³-hybridized carbons (Fsp3) is 1.00. The molecule has 0 aromatic rings. The number of nitrogens with one attached hydrogen (secondary N) is 1. The van der Waals surface area contributed by atoms with Gasteiger partial charge in [-0.3, -0.25) is 0 Å². The van der Waals surface area contributed by atoms with Gasteiger partial charge in [0.15, 0.2) is 0 Å². The average Bonchev–Trinajstić information content (AvgIpc) is 2.78. The summed E-state index contributed by atoms with van der Waals surface area (Å²) < 4.78 is 6.06. The lowest BCUT2D eigenvalue weighted by molar-refractivity contribution is -0.257. The smallest absolute Gasteiger partial charge is 0.0913 e. The highest BCUT2D eigenvalue weighted by Crippen LogP contribution is 2.63. The Morgan fingerprint density at radius 1 is 1.28 bits per heavy atom. The zero-order valence-electron chi connectivity index (χ0n) is 11.9. The number of rotatable bonds is 3. The first kappa shape index (κ1) is 12.9. The molecule has 2 bridgehead atoms. The zero-order chi connectivity index (χ0) is 13.0. The molecule has 1 aliphatic heterocycles. The Morgan fingerprint density at radius 2 is 2.06 bits per heavy atom. The van der Waals surface area contributed by atoms with Gasteiger partial charge in [-0.1, -0.05) is 13.8 Å². The monoisotopic (exact) mass is 253 g/mol. The van der Waals surface area contributed by atoms with Gasteiger partial charge in [0.05, 0.1) is 18.3 Å². The molecule has 4 aliphatic rings. The SMILES string of the molecule is CC1(C)C2CC(OCC3CCCN3)C(C)(O)C1C2. The molecule has 0 radical (unpaired) electrons. The summed E-state index contributed by atoms with van der Waals surface area (Å²) in [5.74, 6) is 1.15. The molecule has 2 N–H and O–H groups in total. The number of ether oxygens (including phenoxy) is 1. The predicted molar refractivity (Wildman–Crippen MR) is 71.4 cm³/mol. The van der Waals surface area contributed by atoms with Crippen LogP contribution < -0.4 is 5.32 Å². The van der Waals surface area contributed by atoms with Crippen LogP contribution in [0.15, 0.2) is 0 Å². The van der Waals surface area contributed by atoms with E-state index in [1.54, 1.807) is 0 Å².